The lowest BCUT2D eigenvalue weighted by molar-refractivity contribution is 0.588. The van der Waals surface area contributed by atoms with Gasteiger partial charge in [0.15, 0.2) is 0 Å². The van der Waals surface area contributed by atoms with Crippen molar-refractivity contribution in [1.29, 1.82) is 0 Å². The van der Waals surface area contributed by atoms with E-state index in [4.69, 9.17) is 5.02 Å². The maximum absolute atomic E-state index is 9.03. The summed E-state index contributed by atoms with van der Waals surface area (Å²) in [5, 5.41) is 12.9. The Kier molecular flexibility index (Phi) is 1.57. The fraction of sp³-hybridized carbons (Fsp3) is 0.400. The fourth-order valence-corrected chi connectivity index (χ4v) is 0.794. The van der Waals surface area contributed by atoms with Gasteiger partial charge in [-0.3, -0.25) is 4.68 Å². The quantitative estimate of drug-likeness (QED) is 0.499. The van der Waals surface area contributed by atoms with Crippen molar-refractivity contribution >= 4 is 12.5 Å². The summed E-state index contributed by atoms with van der Waals surface area (Å²) in [6, 6.07) is 1.80. The summed E-state index contributed by atoms with van der Waals surface area (Å²) in [6.07, 6.45) is 1.67. The maximum atomic E-state index is 9.03. The summed E-state index contributed by atoms with van der Waals surface area (Å²) in [5.41, 5.74) is 0.843. The Morgan fingerprint density at radius 2 is 2.44 bits per heavy atom. The van der Waals surface area contributed by atoms with Gasteiger partial charge < -0.3 is 5.02 Å². The summed E-state index contributed by atoms with van der Waals surface area (Å²) in [4.78, 5) is 0. The second kappa shape index (κ2) is 2.23. The highest BCUT2D eigenvalue weighted by atomic mass is 16.2. The van der Waals surface area contributed by atoms with Gasteiger partial charge in [-0.05, 0) is 6.07 Å². The molecule has 1 N–H and O–H groups in total. The van der Waals surface area contributed by atoms with Crippen LogP contribution in [0.3, 0.4) is 0 Å². The molecule has 0 aliphatic carbocycles. The number of nitrogens with zero attached hydrogens (tertiary/aromatic N) is 2. The van der Waals surface area contributed by atoms with Crippen molar-refractivity contribution in [3.8, 4) is 0 Å². The standard InChI is InChI=1S/C5H9BN2O/c1-6(9)5-3-4-7-8(5)2/h3-4,9H,1-2H3. The molecule has 0 saturated carbocycles. The van der Waals surface area contributed by atoms with Crippen LogP contribution in [0.2, 0.25) is 6.82 Å². The van der Waals surface area contributed by atoms with Crippen molar-refractivity contribution in [2.75, 3.05) is 0 Å². The zero-order valence-corrected chi connectivity index (χ0v) is 5.57. The van der Waals surface area contributed by atoms with Crippen LogP contribution in [0.5, 0.6) is 0 Å². The van der Waals surface area contributed by atoms with E-state index in [1.807, 2.05) is 7.05 Å². The molecule has 0 bridgehead atoms. The summed E-state index contributed by atoms with van der Waals surface area (Å²) in [5.74, 6) is 0. The molecule has 0 atom stereocenters. The minimum Gasteiger partial charge on any atom is -0.446 e. The molecule has 9 heavy (non-hydrogen) atoms. The molecule has 4 heteroatoms. The summed E-state index contributed by atoms with van der Waals surface area (Å²) >= 11 is 0. The molecule has 0 aromatic carbocycles. The van der Waals surface area contributed by atoms with Crippen LogP contribution in [0.1, 0.15) is 0 Å². The van der Waals surface area contributed by atoms with Crippen molar-refractivity contribution in [2.45, 2.75) is 6.82 Å². The van der Waals surface area contributed by atoms with Gasteiger partial charge >= 0.3 is 6.92 Å². The lowest BCUT2D eigenvalue weighted by atomic mass is 9.68. The minimum absolute atomic E-state index is 0.419. The van der Waals surface area contributed by atoms with Crippen LogP contribution < -0.4 is 5.59 Å². The Labute approximate surface area is 54.4 Å². The van der Waals surface area contributed by atoms with Crippen LogP contribution >= 0.6 is 0 Å². The van der Waals surface area contributed by atoms with E-state index in [0.717, 1.165) is 5.59 Å². The van der Waals surface area contributed by atoms with Gasteiger partial charge in [-0.15, -0.1) is 0 Å². The van der Waals surface area contributed by atoms with E-state index in [-0.39, 0.29) is 0 Å². The number of rotatable bonds is 1. The van der Waals surface area contributed by atoms with Gasteiger partial charge in [0.1, 0.15) is 0 Å². The van der Waals surface area contributed by atoms with E-state index in [0.29, 0.717) is 0 Å². The molecule has 1 rings (SSSR count). The van der Waals surface area contributed by atoms with Crippen LogP contribution in [0.15, 0.2) is 12.3 Å². The SMILES string of the molecule is CB(O)c1ccnn1C. The van der Waals surface area contributed by atoms with Gasteiger partial charge in [-0.2, -0.15) is 5.10 Å². The number of hydrogen-bond donors (Lipinski definition) is 1. The largest absolute Gasteiger partial charge is 0.446 e. The number of aromatic nitrogens is 2. The molecule has 0 aliphatic heterocycles. The van der Waals surface area contributed by atoms with Crippen molar-refractivity contribution in [3.63, 3.8) is 0 Å². The maximum Gasteiger partial charge on any atom is 0.340 e. The molecule has 3 nitrogen and oxygen atoms in total. The first-order valence-corrected chi connectivity index (χ1v) is 2.88. The van der Waals surface area contributed by atoms with Crippen molar-refractivity contribution < 1.29 is 5.02 Å². The fourth-order valence-electron chi connectivity index (χ4n) is 0.794. The second-order valence-electron chi connectivity index (χ2n) is 2.06. The van der Waals surface area contributed by atoms with E-state index in [1.165, 1.54) is 0 Å². The van der Waals surface area contributed by atoms with E-state index in [1.54, 1.807) is 23.8 Å². The van der Waals surface area contributed by atoms with Crippen LogP contribution in [0.25, 0.3) is 0 Å². The van der Waals surface area contributed by atoms with E-state index >= 15 is 0 Å². The van der Waals surface area contributed by atoms with Crippen LogP contribution in [0, 0.1) is 0 Å². The number of hydrogen-bond acceptors (Lipinski definition) is 2. The third kappa shape index (κ3) is 1.13. The highest BCUT2D eigenvalue weighted by Crippen LogP contribution is 1.79. The van der Waals surface area contributed by atoms with E-state index < -0.39 is 6.92 Å². The predicted octanol–water partition coefficient (Wildman–Crippen LogP) is -0.759. The molecule has 48 valence electrons. The van der Waals surface area contributed by atoms with Gasteiger partial charge in [-0.25, -0.2) is 0 Å². The van der Waals surface area contributed by atoms with Gasteiger partial charge in [0.05, 0.1) is 0 Å². The van der Waals surface area contributed by atoms with Gasteiger partial charge in [-0.1, -0.05) is 6.82 Å². The molecule has 1 aromatic rings. The molecule has 0 fully saturated rings. The Morgan fingerprint density at radius 3 is 2.67 bits per heavy atom. The first-order chi connectivity index (χ1) is 4.22. The lowest BCUT2D eigenvalue weighted by Gasteiger charge is -1.98. The average molecular weight is 124 g/mol. The smallest absolute Gasteiger partial charge is 0.340 e. The monoisotopic (exact) mass is 124 g/mol. The Balaban J connectivity index is 2.94. The average Bonchev–Trinajstić information content (AvgIpc) is 2.13. The normalized spacial score (nSPS) is 9.67. The highest BCUT2D eigenvalue weighted by Gasteiger charge is 2.08. The molecule has 0 radical (unpaired) electrons. The topological polar surface area (TPSA) is 38.1 Å². The van der Waals surface area contributed by atoms with Gasteiger partial charge in [0, 0.05) is 18.8 Å². The van der Waals surface area contributed by atoms with E-state index in [2.05, 4.69) is 5.10 Å². The summed E-state index contributed by atoms with van der Waals surface area (Å²) in [7, 11) is 1.81. The molecule has 0 aliphatic rings. The Hall–Kier alpha value is -0.765. The van der Waals surface area contributed by atoms with Crippen molar-refractivity contribution in [2.24, 2.45) is 7.05 Å². The summed E-state index contributed by atoms with van der Waals surface area (Å²) in [6.45, 7) is 1.30. The van der Waals surface area contributed by atoms with Crippen molar-refractivity contribution in [3.05, 3.63) is 12.3 Å². The number of aryl methyl sites for hydroxylation is 1. The highest BCUT2D eigenvalue weighted by molar-refractivity contribution is 6.63. The molecule has 0 saturated heterocycles. The predicted molar refractivity (Wildman–Crippen MR) is 36.7 cm³/mol. The Bertz CT molecular complexity index is 197. The first-order valence-electron chi connectivity index (χ1n) is 2.88. The molecule has 1 heterocycles. The molecule has 0 unspecified atom stereocenters. The summed E-state index contributed by atoms with van der Waals surface area (Å²) < 4.78 is 1.66. The first kappa shape index (κ1) is 6.36. The minimum atomic E-state index is -0.419. The third-order valence-corrected chi connectivity index (χ3v) is 1.29. The molecular formula is C5H9BN2O. The molecular weight excluding hydrogens is 115 g/mol. The zero-order chi connectivity index (χ0) is 6.85. The van der Waals surface area contributed by atoms with Gasteiger partial charge in [0.25, 0.3) is 0 Å². The van der Waals surface area contributed by atoms with Crippen LogP contribution in [-0.2, 0) is 7.05 Å². The molecule has 1 aromatic heterocycles. The molecule has 0 amide bonds. The van der Waals surface area contributed by atoms with Gasteiger partial charge in [0.2, 0.25) is 0 Å². The van der Waals surface area contributed by atoms with Crippen molar-refractivity contribution in [1.82, 2.24) is 9.78 Å². The third-order valence-electron chi connectivity index (χ3n) is 1.29. The zero-order valence-electron chi connectivity index (χ0n) is 5.57. The second-order valence-corrected chi connectivity index (χ2v) is 2.06. The van der Waals surface area contributed by atoms with Crippen LogP contribution in [0.4, 0.5) is 0 Å². The van der Waals surface area contributed by atoms with E-state index in [9.17, 15) is 0 Å². The lowest BCUT2D eigenvalue weighted by Crippen LogP contribution is -2.32. The molecule has 0 spiro atoms. The Morgan fingerprint density at radius 1 is 1.78 bits per heavy atom. The van der Waals surface area contributed by atoms with Crippen LogP contribution in [-0.4, -0.2) is 21.7 Å².